The molecule has 1 N–H and O–H groups in total. The van der Waals surface area contributed by atoms with E-state index in [4.69, 9.17) is 5.26 Å². The molecule has 0 saturated heterocycles. The molecule has 1 rings (SSSR count). The van der Waals surface area contributed by atoms with Crippen LogP contribution in [0.5, 0.6) is 0 Å². The molecule has 0 spiro atoms. The van der Waals surface area contributed by atoms with Gasteiger partial charge < -0.3 is 5.32 Å². The summed E-state index contributed by atoms with van der Waals surface area (Å²) < 4.78 is 0.921. The molecule has 0 saturated carbocycles. The van der Waals surface area contributed by atoms with Crippen LogP contribution in [0.25, 0.3) is 0 Å². The maximum atomic E-state index is 11.6. The number of halogens is 1. The van der Waals surface area contributed by atoms with E-state index in [1.807, 2.05) is 31.2 Å². The highest BCUT2D eigenvalue weighted by molar-refractivity contribution is 9.10. The average Bonchev–Trinajstić information content (AvgIpc) is 2.33. The first-order valence-electron chi connectivity index (χ1n) is 5.59. The van der Waals surface area contributed by atoms with E-state index in [9.17, 15) is 4.79 Å². The zero-order valence-corrected chi connectivity index (χ0v) is 11.3. The fraction of sp³-hybridized carbons (Fsp3) is 0.385. The molecular formula is C13H15BrN2O. The van der Waals surface area contributed by atoms with Crippen LogP contribution < -0.4 is 5.32 Å². The van der Waals surface area contributed by atoms with Crippen molar-refractivity contribution in [1.82, 2.24) is 5.32 Å². The highest BCUT2D eigenvalue weighted by Crippen LogP contribution is 2.22. The Hall–Kier alpha value is -1.34. The van der Waals surface area contributed by atoms with Crippen molar-refractivity contribution in [2.75, 3.05) is 6.54 Å². The molecular weight excluding hydrogens is 280 g/mol. The smallest absolute Gasteiger partial charge is 0.221 e. The predicted octanol–water partition coefficient (Wildman–Crippen LogP) is 2.97. The molecule has 0 aromatic heterocycles. The molecule has 0 radical (unpaired) electrons. The van der Waals surface area contributed by atoms with Crippen LogP contribution >= 0.6 is 15.9 Å². The molecule has 1 amide bonds. The van der Waals surface area contributed by atoms with E-state index in [-0.39, 0.29) is 18.2 Å². The van der Waals surface area contributed by atoms with Crippen LogP contribution in [-0.2, 0) is 4.79 Å². The van der Waals surface area contributed by atoms with Gasteiger partial charge in [0.25, 0.3) is 0 Å². The van der Waals surface area contributed by atoms with E-state index in [1.165, 1.54) is 0 Å². The Bertz CT molecular complexity index is 426. The van der Waals surface area contributed by atoms with Crippen LogP contribution in [0.2, 0.25) is 0 Å². The van der Waals surface area contributed by atoms with Gasteiger partial charge in [-0.15, -0.1) is 0 Å². The van der Waals surface area contributed by atoms with Crippen molar-refractivity contribution in [1.29, 1.82) is 5.26 Å². The lowest BCUT2D eigenvalue weighted by Crippen LogP contribution is -2.25. The highest BCUT2D eigenvalue weighted by Gasteiger charge is 2.15. The Morgan fingerprint density at radius 3 is 2.94 bits per heavy atom. The molecule has 1 unspecified atom stereocenters. The summed E-state index contributed by atoms with van der Waals surface area (Å²) in [5, 5.41) is 11.9. The molecule has 1 atom stereocenters. The fourth-order valence-electron chi connectivity index (χ4n) is 1.48. The third-order valence-electron chi connectivity index (χ3n) is 2.37. The summed E-state index contributed by atoms with van der Waals surface area (Å²) in [5.74, 6) is -0.456. The first kappa shape index (κ1) is 13.7. The number of carbonyl (C=O) groups excluding carboxylic acids is 1. The topological polar surface area (TPSA) is 52.9 Å². The van der Waals surface area contributed by atoms with Gasteiger partial charge >= 0.3 is 0 Å². The van der Waals surface area contributed by atoms with Crippen molar-refractivity contribution >= 4 is 21.8 Å². The monoisotopic (exact) mass is 294 g/mol. The van der Waals surface area contributed by atoms with E-state index < -0.39 is 0 Å². The van der Waals surface area contributed by atoms with Gasteiger partial charge in [-0.2, -0.15) is 5.26 Å². The molecule has 0 bridgehead atoms. The fourth-order valence-corrected chi connectivity index (χ4v) is 1.90. The van der Waals surface area contributed by atoms with Gasteiger partial charge in [0.1, 0.15) is 0 Å². The Labute approximate surface area is 110 Å². The van der Waals surface area contributed by atoms with Crippen LogP contribution in [0, 0.1) is 11.3 Å². The minimum absolute atomic E-state index is 0.0709. The van der Waals surface area contributed by atoms with Crippen molar-refractivity contribution in [3.63, 3.8) is 0 Å². The lowest BCUT2D eigenvalue weighted by molar-refractivity contribution is -0.121. The summed E-state index contributed by atoms with van der Waals surface area (Å²) >= 11 is 3.36. The summed E-state index contributed by atoms with van der Waals surface area (Å²) in [6.45, 7) is 2.66. The molecule has 0 fully saturated rings. The Balaban J connectivity index is 2.67. The van der Waals surface area contributed by atoms with Gasteiger partial charge in [0.15, 0.2) is 0 Å². The highest BCUT2D eigenvalue weighted by atomic mass is 79.9. The molecule has 0 aliphatic carbocycles. The molecule has 0 aliphatic heterocycles. The Kier molecular flexibility index (Phi) is 5.71. The van der Waals surface area contributed by atoms with Crippen LogP contribution in [0.3, 0.4) is 0 Å². The van der Waals surface area contributed by atoms with Crippen molar-refractivity contribution in [3.8, 4) is 6.07 Å². The molecule has 0 aliphatic rings. The quantitative estimate of drug-likeness (QED) is 0.908. The van der Waals surface area contributed by atoms with E-state index in [0.717, 1.165) is 16.5 Å². The van der Waals surface area contributed by atoms with Gasteiger partial charge in [0, 0.05) is 17.4 Å². The Morgan fingerprint density at radius 1 is 1.59 bits per heavy atom. The average molecular weight is 295 g/mol. The Morgan fingerprint density at radius 2 is 2.35 bits per heavy atom. The van der Waals surface area contributed by atoms with Crippen molar-refractivity contribution < 1.29 is 4.79 Å². The summed E-state index contributed by atoms with van der Waals surface area (Å²) in [5.41, 5.74) is 0.869. The van der Waals surface area contributed by atoms with Crippen LogP contribution in [0.1, 0.15) is 31.2 Å². The summed E-state index contributed by atoms with van der Waals surface area (Å²) in [7, 11) is 0. The normalized spacial score (nSPS) is 11.6. The van der Waals surface area contributed by atoms with Crippen molar-refractivity contribution in [2.45, 2.75) is 25.7 Å². The number of amides is 1. The van der Waals surface area contributed by atoms with Crippen molar-refractivity contribution in [3.05, 3.63) is 34.3 Å². The molecule has 1 aromatic carbocycles. The summed E-state index contributed by atoms with van der Waals surface area (Å²) in [6, 6.07) is 9.68. The first-order chi connectivity index (χ1) is 8.17. The zero-order chi connectivity index (χ0) is 12.7. The molecule has 90 valence electrons. The number of nitriles is 1. The van der Waals surface area contributed by atoms with Gasteiger partial charge in [0.2, 0.25) is 5.91 Å². The largest absolute Gasteiger partial charge is 0.356 e. The SMILES string of the molecule is CCCNC(=O)CC(C#N)c1cccc(Br)c1. The third-order valence-corrected chi connectivity index (χ3v) is 2.86. The van der Waals surface area contributed by atoms with Gasteiger partial charge in [-0.3, -0.25) is 4.79 Å². The number of hydrogen-bond acceptors (Lipinski definition) is 2. The number of rotatable bonds is 5. The maximum Gasteiger partial charge on any atom is 0.221 e. The molecule has 3 nitrogen and oxygen atoms in total. The van der Waals surface area contributed by atoms with E-state index in [2.05, 4.69) is 27.3 Å². The molecule has 1 aromatic rings. The maximum absolute atomic E-state index is 11.6. The standard InChI is InChI=1S/C13H15BrN2O/c1-2-6-16-13(17)8-11(9-15)10-4-3-5-12(14)7-10/h3-5,7,11H,2,6,8H2,1H3,(H,16,17). The first-order valence-corrected chi connectivity index (χ1v) is 6.38. The second kappa shape index (κ2) is 7.08. The zero-order valence-electron chi connectivity index (χ0n) is 9.74. The second-order valence-corrected chi connectivity index (χ2v) is 4.71. The lowest BCUT2D eigenvalue weighted by atomic mass is 9.97. The van der Waals surface area contributed by atoms with Crippen LogP contribution in [0.4, 0.5) is 0 Å². The molecule has 0 heterocycles. The van der Waals surface area contributed by atoms with Gasteiger partial charge in [0.05, 0.1) is 12.0 Å². The second-order valence-electron chi connectivity index (χ2n) is 3.79. The molecule has 17 heavy (non-hydrogen) atoms. The van der Waals surface area contributed by atoms with Gasteiger partial charge in [-0.05, 0) is 24.1 Å². The minimum Gasteiger partial charge on any atom is -0.356 e. The number of benzene rings is 1. The number of hydrogen-bond donors (Lipinski definition) is 1. The van der Waals surface area contributed by atoms with E-state index >= 15 is 0 Å². The van der Waals surface area contributed by atoms with E-state index in [1.54, 1.807) is 0 Å². The minimum atomic E-state index is -0.385. The molecule has 4 heteroatoms. The number of nitrogens with one attached hydrogen (secondary N) is 1. The van der Waals surface area contributed by atoms with Crippen molar-refractivity contribution in [2.24, 2.45) is 0 Å². The lowest BCUT2D eigenvalue weighted by Gasteiger charge is -2.09. The van der Waals surface area contributed by atoms with Gasteiger partial charge in [-0.25, -0.2) is 0 Å². The van der Waals surface area contributed by atoms with E-state index in [0.29, 0.717) is 6.54 Å². The summed E-state index contributed by atoms with van der Waals surface area (Å²) in [4.78, 5) is 11.6. The van der Waals surface area contributed by atoms with Gasteiger partial charge in [-0.1, -0.05) is 35.0 Å². The third kappa shape index (κ3) is 4.58. The van der Waals surface area contributed by atoms with Crippen LogP contribution in [0.15, 0.2) is 28.7 Å². The summed E-state index contributed by atoms with van der Waals surface area (Å²) in [6.07, 6.45) is 1.12. The number of nitrogens with zero attached hydrogens (tertiary/aromatic N) is 1. The van der Waals surface area contributed by atoms with Crippen LogP contribution in [-0.4, -0.2) is 12.5 Å². The number of carbonyl (C=O) groups is 1. The predicted molar refractivity (Wildman–Crippen MR) is 70.4 cm³/mol.